The Balaban J connectivity index is 1.40. The molecule has 1 heterocycles. The minimum Gasteiger partial charge on any atom is -0.489 e. The Morgan fingerprint density at radius 2 is 1.67 bits per heavy atom. The Labute approximate surface area is 192 Å². The summed E-state index contributed by atoms with van der Waals surface area (Å²) in [6.07, 6.45) is 0.681. The second-order valence-electron chi connectivity index (χ2n) is 7.79. The highest BCUT2D eigenvalue weighted by atomic mass is 16.5. The lowest BCUT2D eigenvalue weighted by Crippen LogP contribution is -2.25. The monoisotopic (exact) mass is 442 g/mol. The van der Waals surface area contributed by atoms with Crippen LogP contribution in [0.1, 0.15) is 37.5 Å². The predicted octanol–water partition coefficient (Wildman–Crippen LogP) is 4.81. The van der Waals surface area contributed by atoms with E-state index < -0.39 is 5.97 Å². The highest BCUT2D eigenvalue weighted by molar-refractivity contribution is 5.96. The highest BCUT2D eigenvalue weighted by Crippen LogP contribution is 2.27. The molecule has 1 aromatic heterocycles. The van der Waals surface area contributed by atoms with Gasteiger partial charge in [-0.15, -0.1) is 0 Å². The van der Waals surface area contributed by atoms with Crippen molar-refractivity contribution in [2.24, 2.45) is 0 Å². The van der Waals surface area contributed by atoms with Gasteiger partial charge in [0.2, 0.25) is 0 Å². The van der Waals surface area contributed by atoms with Crippen molar-refractivity contribution in [2.45, 2.75) is 20.0 Å². The average molecular weight is 443 g/mol. The smallest absolute Gasteiger partial charge is 0.337 e. The number of ether oxygens (including phenoxy) is 2. The van der Waals surface area contributed by atoms with Crippen molar-refractivity contribution >= 4 is 22.8 Å². The first-order valence-electron chi connectivity index (χ1n) is 10.8. The van der Waals surface area contributed by atoms with Crippen LogP contribution in [-0.2, 0) is 17.8 Å². The van der Waals surface area contributed by atoms with Gasteiger partial charge in [0, 0.05) is 28.7 Å². The van der Waals surface area contributed by atoms with Gasteiger partial charge in [-0.1, -0.05) is 30.3 Å². The van der Waals surface area contributed by atoms with Gasteiger partial charge in [-0.2, -0.15) is 0 Å². The molecule has 1 amide bonds. The predicted molar refractivity (Wildman–Crippen MR) is 128 cm³/mol. The van der Waals surface area contributed by atoms with E-state index >= 15 is 0 Å². The summed E-state index contributed by atoms with van der Waals surface area (Å²) in [5.74, 6) is 0.195. The summed E-state index contributed by atoms with van der Waals surface area (Å²) < 4.78 is 10.7. The second-order valence-corrected chi connectivity index (χ2v) is 7.79. The molecule has 6 nitrogen and oxygen atoms in total. The van der Waals surface area contributed by atoms with Crippen molar-refractivity contribution in [3.05, 3.63) is 101 Å². The van der Waals surface area contributed by atoms with Crippen molar-refractivity contribution in [1.82, 2.24) is 10.3 Å². The number of hydrogen-bond donors (Lipinski definition) is 2. The molecule has 0 atom stereocenters. The summed E-state index contributed by atoms with van der Waals surface area (Å²) in [6.45, 7) is 3.03. The summed E-state index contributed by atoms with van der Waals surface area (Å²) in [5, 5.41) is 4.05. The van der Waals surface area contributed by atoms with E-state index in [-0.39, 0.29) is 5.91 Å². The standard InChI is InChI=1S/C27H26N2O4/c1-18-23(14-15-28-26(30)20-8-10-21(11-9-20)27(31)32-2)24-16-22(12-13-25(24)29-18)33-17-19-6-4-3-5-7-19/h3-13,16,29H,14-15,17H2,1-2H3,(H,28,30). The summed E-state index contributed by atoms with van der Waals surface area (Å²) in [4.78, 5) is 27.4. The number of esters is 1. The molecule has 4 rings (SSSR count). The summed E-state index contributed by atoms with van der Waals surface area (Å²) in [5.41, 5.74) is 5.28. The SMILES string of the molecule is COC(=O)c1ccc(C(=O)NCCc2c(C)[nH]c3ccc(OCc4ccccc4)cc23)cc1. The molecule has 0 radical (unpaired) electrons. The molecule has 33 heavy (non-hydrogen) atoms. The maximum Gasteiger partial charge on any atom is 0.337 e. The Morgan fingerprint density at radius 3 is 2.39 bits per heavy atom. The third-order valence-corrected chi connectivity index (χ3v) is 5.57. The minimum atomic E-state index is -0.427. The first-order valence-corrected chi connectivity index (χ1v) is 10.8. The van der Waals surface area contributed by atoms with Crippen molar-refractivity contribution in [2.75, 3.05) is 13.7 Å². The Bertz CT molecular complexity index is 1260. The molecule has 0 bridgehead atoms. The van der Waals surface area contributed by atoms with Gasteiger partial charge in [-0.25, -0.2) is 4.79 Å². The minimum absolute atomic E-state index is 0.184. The van der Waals surface area contributed by atoms with Crippen LogP contribution >= 0.6 is 0 Å². The fraction of sp³-hybridized carbons (Fsp3) is 0.185. The first kappa shape index (κ1) is 22.1. The van der Waals surface area contributed by atoms with Crippen LogP contribution in [0.5, 0.6) is 5.75 Å². The van der Waals surface area contributed by atoms with Crippen LogP contribution in [0.3, 0.4) is 0 Å². The average Bonchev–Trinajstić information content (AvgIpc) is 3.17. The molecule has 0 aliphatic rings. The number of aryl methyl sites for hydroxylation is 1. The van der Waals surface area contributed by atoms with Gasteiger partial charge in [0.1, 0.15) is 12.4 Å². The molecule has 0 fully saturated rings. The van der Waals surface area contributed by atoms with Crippen LogP contribution in [0.2, 0.25) is 0 Å². The molecular weight excluding hydrogens is 416 g/mol. The van der Waals surface area contributed by atoms with E-state index in [2.05, 4.69) is 15.0 Å². The van der Waals surface area contributed by atoms with Crippen molar-refractivity contribution in [3.8, 4) is 5.75 Å². The molecule has 0 saturated carbocycles. The number of benzene rings is 3. The molecule has 0 unspecified atom stereocenters. The lowest BCUT2D eigenvalue weighted by atomic mass is 10.1. The largest absolute Gasteiger partial charge is 0.489 e. The Hall–Kier alpha value is -4.06. The van der Waals surface area contributed by atoms with E-state index in [1.54, 1.807) is 24.3 Å². The molecule has 0 aliphatic heterocycles. The maximum atomic E-state index is 12.5. The molecule has 0 spiro atoms. The lowest BCUT2D eigenvalue weighted by Gasteiger charge is -2.08. The fourth-order valence-electron chi connectivity index (χ4n) is 3.79. The number of carbonyl (C=O) groups excluding carboxylic acids is 2. The number of aromatic amines is 1. The van der Waals surface area contributed by atoms with Crippen molar-refractivity contribution in [1.29, 1.82) is 0 Å². The molecule has 0 saturated heterocycles. The quantitative estimate of drug-likeness (QED) is 0.384. The second kappa shape index (κ2) is 10.0. The Kier molecular flexibility index (Phi) is 6.74. The van der Waals surface area contributed by atoms with Gasteiger partial charge in [0.15, 0.2) is 0 Å². The topological polar surface area (TPSA) is 80.4 Å². The zero-order valence-corrected chi connectivity index (χ0v) is 18.7. The summed E-state index contributed by atoms with van der Waals surface area (Å²) >= 11 is 0. The number of aromatic nitrogens is 1. The number of nitrogens with one attached hydrogen (secondary N) is 2. The van der Waals surface area contributed by atoms with E-state index in [4.69, 9.17) is 4.74 Å². The van der Waals surface area contributed by atoms with Gasteiger partial charge in [-0.3, -0.25) is 4.79 Å². The molecular formula is C27H26N2O4. The van der Waals surface area contributed by atoms with Crippen LogP contribution in [0.15, 0.2) is 72.8 Å². The zero-order valence-electron chi connectivity index (χ0n) is 18.7. The third-order valence-electron chi connectivity index (χ3n) is 5.57. The van der Waals surface area contributed by atoms with Crippen molar-refractivity contribution < 1.29 is 19.1 Å². The first-order chi connectivity index (χ1) is 16.0. The molecule has 0 aliphatic carbocycles. The van der Waals surface area contributed by atoms with Gasteiger partial charge < -0.3 is 19.8 Å². The molecule has 168 valence electrons. The molecule has 3 aromatic carbocycles. The van der Waals surface area contributed by atoms with E-state index in [9.17, 15) is 9.59 Å². The maximum absolute atomic E-state index is 12.5. The number of hydrogen-bond acceptors (Lipinski definition) is 4. The van der Waals surface area contributed by atoms with Crippen molar-refractivity contribution in [3.63, 3.8) is 0 Å². The normalized spacial score (nSPS) is 10.7. The summed E-state index contributed by atoms with van der Waals surface area (Å²) in [6, 6.07) is 22.5. The number of rotatable bonds is 8. The van der Waals surface area contributed by atoms with Gasteiger partial charge in [0.25, 0.3) is 5.91 Å². The number of H-pyrrole nitrogens is 1. The van der Waals surface area contributed by atoms with Crippen LogP contribution < -0.4 is 10.1 Å². The molecule has 2 N–H and O–H groups in total. The van der Waals surface area contributed by atoms with E-state index in [1.807, 2.05) is 55.5 Å². The number of fused-ring (bicyclic) bond motifs is 1. The van der Waals surface area contributed by atoms with E-state index in [0.717, 1.165) is 33.5 Å². The third kappa shape index (κ3) is 5.23. The fourth-order valence-corrected chi connectivity index (χ4v) is 3.79. The van der Waals surface area contributed by atoms with E-state index in [1.165, 1.54) is 7.11 Å². The van der Waals surface area contributed by atoms with Gasteiger partial charge in [0.05, 0.1) is 12.7 Å². The Morgan fingerprint density at radius 1 is 0.939 bits per heavy atom. The van der Waals surface area contributed by atoms with E-state index in [0.29, 0.717) is 30.7 Å². The lowest BCUT2D eigenvalue weighted by molar-refractivity contribution is 0.0600. The molecule has 4 aromatic rings. The van der Waals surface area contributed by atoms with Gasteiger partial charge in [-0.05, 0) is 66.9 Å². The van der Waals surface area contributed by atoms with Gasteiger partial charge >= 0.3 is 5.97 Å². The highest BCUT2D eigenvalue weighted by Gasteiger charge is 2.12. The van der Waals surface area contributed by atoms with Crippen LogP contribution in [0.4, 0.5) is 0 Å². The van der Waals surface area contributed by atoms with Crippen LogP contribution in [-0.4, -0.2) is 30.5 Å². The number of carbonyl (C=O) groups is 2. The zero-order chi connectivity index (χ0) is 23.2. The summed E-state index contributed by atoms with van der Waals surface area (Å²) in [7, 11) is 1.33. The number of methoxy groups -OCH3 is 1. The molecule has 6 heteroatoms. The van der Waals surface area contributed by atoms with Crippen LogP contribution in [0, 0.1) is 6.92 Å². The van der Waals surface area contributed by atoms with Crippen LogP contribution in [0.25, 0.3) is 10.9 Å². The number of amides is 1.